The largest absolute Gasteiger partial charge is 0.478 e. The summed E-state index contributed by atoms with van der Waals surface area (Å²) in [5, 5.41) is 9.24. The Bertz CT molecular complexity index is 804. The van der Waals surface area contributed by atoms with Crippen molar-refractivity contribution in [1.82, 2.24) is 4.98 Å². The van der Waals surface area contributed by atoms with Crippen LogP contribution in [0.3, 0.4) is 0 Å². The van der Waals surface area contributed by atoms with Gasteiger partial charge in [0.15, 0.2) is 9.84 Å². The fraction of sp³-hybridized carbons (Fsp3) is 0.0909. The Morgan fingerprint density at radius 3 is 2.50 bits per heavy atom. The summed E-state index contributed by atoms with van der Waals surface area (Å²) in [6, 6.07) is 3.78. The second-order valence-electron chi connectivity index (χ2n) is 3.82. The lowest BCUT2D eigenvalue weighted by Crippen LogP contribution is -2.10. The summed E-state index contributed by atoms with van der Waals surface area (Å²) in [5.41, 5.74) is -0.606. The van der Waals surface area contributed by atoms with Crippen LogP contribution in [0, 0.1) is 0 Å². The molecule has 1 aromatic heterocycles. The molecule has 0 atom stereocenters. The minimum absolute atomic E-state index is 0.0249. The summed E-state index contributed by atoms with van der Waals surface area (Å²) in [4.78, 5) is 24.8. The summed E-state index contributed by atoms with van der Waals surface area (Å²) >= 11 is 0. The molecule has 2 N–H and O–H groups in total. The Morgan fingerprint density at radius 2 is 1.94 bits per heavy atom. The van der Waals surface area contributed by atoms with Crippen molar-refractivity contribution < 1.29 is 18.3 Å². The van der Waals surface area contributed by atoms with Crippen LogP contribution < -0.4 is 5.56 Å². The van der Waals surface area contributed by atoms with E-state index >= 15 is 0 Å². The number of aromatic nitrogens is 1. The van der Waals surface area contributed by atoms with Crippen LogP contribution in [-0.2, 0) is 9.84 Å². The molecule has 0 saturated heterocycles. The number of carboxylic acids is 1. The molecule has 1 heterocycles. The zero-order chi connectivity index (χ0) is 13.5. The van der Waals surface area contributed by atoms with Gasteiger partial charge in [0.05, 0.1) is 10.5 Å². The van der Waals surface area contributed by atoms with Crippen molar-refractivity contribution >= 4 is 26.6 Å². The van der Waals surface area contributed by atoms with Crippen LogP contribution in [0.1, 0.15) is 10.4 Å². The van der Waals surface area contributed by atoms with E-state index in [0.717, 1.165) is 12.5 Å². The van der Waals surface area contributed by atoms with Gasteiger partial charge in [0.1, 0.15) is 0 Å². The zero-order valence-corrected chi connectivity index (χ0v) is 10.1. The zero-order valence-electron chi connectivity index (χ0n) is 9.30. The van der Waals surface area contributed by atoms with Crippen molar-refractivity contribution in [3.05, 3.63) is 40.3 Å². The first-order chi connectivity index (χ1) is 8.30. The number of aromatic amines is 1. The molecule has 94 valence electrons. The quantitative estimate of drug-likeness (QED) is 0.830. The van der Waals surface area contributed by atoms with E-state index in [-0.39, 0.29) is 21.2 Å². The van der Waals surface area contributed by atoms with Crippen molar-refractivity contribution in [2.75, 3.05) is 6.26 Å². The third-order valence-corrected chi connectivity index (χ3v) is 3.64. The molecule has 0 radical (unpaired) electrons. The monoisotopic (exact) mass is 267 g/mol. The highest BCUT2D eigenvalue weighted by Gasteiger charge is 2.14. The van der Waals surface area contributed by atoms with Crippen molar-refractivity contribution in [2.45, 2.75) is 4.90 Å². The third-order valence-electron chi connectivity index (χ3n) is 2.53. The Kier molecular flexibility index (Phi) is 2.70. The molecule has 6 nitrogen and oxygen atoms in total. The van der Waals surface area contributed by atoms with Gasteiger partial charge >= 0.3 is 5.97 Å². The van der Waals surface area contributed by atoms with Crippen molar-refractivity contribution in [3.63, 3.8) is 0 Å². The van der Waals surface area contributed by atoms with Gasteiger partial charge in [-0.2, -0.15) is 0 Å². The average Bonchev–Trinajstić information content (AvgIpc) is 2.27. The van der Waals surface area contributed by atoms with E-state index in [0.29, 0.717) is 0 Å². The lowest BCUT2D eigenvalue weighted by Gasteiger charge is -2.04. The van der Waals surface area contributed by atoms with E-state index in [2.05, 4.69) is 4.98 Å². The highest BCUT2D eigenvalue weighted by Crippen LogP contribution is 2.19. The van der Waals surface area contributed by atoms with Gasteiger partial charge < -0.3 is 10.1 Å². The molecule has 0 saturated carbocycles. The second kappa shape index (κ2) is 3.95. The maximum absolute atomic E-state index is 11.5. The van der Waals surface area contributed by atoms with Crippen molar-refractivity contribution in [3.8, 4) is 0 Å². The van der Waals surface area contributed by atoms with Crippen LogP contribution in [0.25, 0.3) is 10.8 Å². The number of sulfone groups is 1. The maximum Gasteiger partial charge on any atom is 0.337 e. The normalized spacial score (nSPS) is 11.6. The summed E-state index contributed by atoms with van der Waals surface area (Å²) in [6.07, 6.45) is 2.07. The number of aromatic carboxylic acids is 1. The molecule has 0 spiro atoms. The molecule has 0 aliphatic carbocycles. The molecular weight excluding hydrogens is 258 g/mol. The predicted octanol–water partition coefficient (Wildman–Crippen LogP) is 0.630. The number of benzene rings is 1. The average molecular weight is 267 g/mol. The van der Waals surface area contributed by atoms with E-state index < -0.39 is 21.4 Å². The van der Waals surface area contributed by atoms with Gasteiger partial charge in [-0.25, -0.2) is 13.2 Å². The van der Waals surface area contributed by atoms with Gasteiger partial charge in [-0.05, 0) is 18.2 Å². The molecule has 0 amide bonds. The molecule has 0 aliphatic rings. The van der Waals surface area contributed by atoms with E-state index in [1.165, 1.54) is 18.2 Å². The first-order valence-corrected chi connectivity index (χ1v) is 6.78. The smallest absolute Gasteiger partial charge is 0.337 e. The van der Waals surface area contributed by atoms with Crippen LogP contribution in [0.4, 0.5) is 0 Å². The fourth-order valence-corrected chi connectivity index (χ4v) is 2.29. The molecule has 2 aromatic rings. The van der Waals surface area contributed by atoms with Crippen LogP contribution >= 0.6 is 0 Å². The van der Waals surface area contributed by atoms with Crippen LogP contribution in [0.2, 0.25) is 0 Å². The Labute approximate surface area is 102 Å². The minimum Gasteiger partial charge on any atom is -0.478 e. The number of fused-ring (bicyclic) bond motifs is 1. The number of nitrogens with one attached hydrogen (secondary N) is 1. The van der Waals surface area contributed by atoms with Crippen molar-refractivity contribution in [2.24, 2.45) is 0 Å². The highest BCUT2D eigenvalue weighted by atomic mass is 32.2. The Balaban J connectivity index is 2.95. The predicted molar refractivity (Wildman–Crippen MR) is 64.6 cm³/mol. The molecule has 0 unspecified atom stereocenters. The standard InChI is InChI=1S/C11H9NO5S/c1-18(16,17)6-2-3-7-8(4-6)9(11(14)15)5-12-10(7)13/h2-5H,1H3,(H,12,13)(H,14,15). The Hall–Kier alpha value is -2.15. The number of carbonyl (C=O) groups is 1. The van der Waals surface area contributed by atoms with Gasteiger partial charge in [0.25, 0.3) is 5.56 Å². The van der Waals surface area contributed by atoms with Crippen LogP contribution in [0.15, 0.2) is 34.1 Å². The first-order valence-electron chi connectivity index (χ1n) is 4.89. The summed E-state index contributed by atoms with van der Waals surface area (Å²) in [6.45, 7) is 0. The van der Waals surface area contributed by atoms with Gasteiger partial charge in [0, 0.05) is 23.2 Å². The molecule has 7 heteroatoms. The summed E-state index contributed by atoms with van der Waals surface area (Å²) in [5.74, 6) is -1.23. The first kappa shape index (κ1) is 12.3. The molecule has 1 aromatic carbocycles. The van der Waals surface area contributed by atoms with Crippen LogP contribution in [-0.4, -0.2) is 30.7 Å². The molecular formula is C11H9NO5S. The van der Waals surface area contributed by atoms with Gasteiger partial charge in [-0.15, -0.1) is 0 Å². The number of pyridine rings is 1. The van der Waals surface area contributed by atoms with E-state index in [9.17, 15) is 18.0 Å². The maximum atomic E-state index is 11.5. The van der Waals surface area contributed by atoms with E-state index in [4.69, 9.17) is 5.11 Å². The molecule has 0 fully saturated rings. The van der Waals surface area contributed by atoms with E-state index in [1.807, 2.05) is 0 Å². The van der Waals surface area contributed by atoms with Crippen molar-refractivity contribution in [1.29, 1.82) is 0 Å². The molecule has 0 aliphatic heterocycles. The molecule has 18 heavy (non-hydrogen) atoms. The summed E-state index contributed by atoms with van der Waals surface area (Å²) in [7, 11) is -3.45. The SMILES string of the molecule is CS(=O)(=O)c1ccc2c(=O)[nH]cc(C(=O)O)c2c1. The second-order valence-corrected chi connectivity index (χ2v) is 5.83. The molecule has 0 bridgehead atoms. The summed E-state index contributed by atoms with van der Waals surface area (Å²) < 4.78 is 22.8. The number of hydrogen-bond acceptors (Lipinski definition) is 4. The van der Waals surface area contributed by atoms with Crippen LogP contribution in [0.5, 0.6) is 0 Å². The number of hydrogen-bond donors (Lipinski definition) is 2. The lowest BCUT2D eigenvalue weighted by atomic mass is 10.1. The van der Waals surface area contributed by atoms with Gasteiger partial charge in [-0.1, -0.05) is 0 Å². The fourth-order valence-electron chi connectivity index (χ4n) is 1.64. The number of carboxylic acid groups (broad SMARTS) is 1. The van der Waals surface area contributed by atoms with Gasteiger partial charge in [0.2, 0.25) is 0 Å². The number of H-pyrrole nitrogens is 1. The lowest BCUT2D eigenvalue weighted by molar-refractivity contribution is 0.0698. The minimum atomic E-state index is -3.45. The van der Waals surface area contributed by atoms with Gasteiger partial charge in [-0.3, -0.25) is 4.79 Å². The number of rotatable bonds is 2. The third kappa shape index (κ3) is 2.00. The van der Waals surface area contributed by atoms with E-state index in [1.54, 1.807) is 0 Å². The Morgan fingerprint density at radius 1 is 1.28 bits per heavy atom. The molecule has 2 rings (SSSR count). The highest BCUT2D eigenvalue weighted by molar-refractivity contribution is 7.90. The topological polar surface area (TPSA) is 104 Å².